The van der Waals surface area contributed by atoms with Crippen LogP contribution in [-0.4, -0.2) is 51.9 Å². The Morgan fingerprint density at radius 1 is 1.27 bits per heavy atom. The number of rotatable bonds is 5. The minimum absolute atomic E-state index is 0.112. The molecule has 12 heteroatoms. The number of alkyl halides is 3. The highest BCUT2D eigenvalue weighted by atomic mass is 79.9. The van der Waals surface area contributed by atoms with Crippen LogP contribution in [0.5, 0.6) is 5.88 Å². The Bertz CT molecular complexity index is 1490. The van der Waals surface area contributed by atoms with Crippen LogP contribution in [0.2, 0.25) is 0 Å². The van der Waals surface area contributed by atoms with E-state index in [-0.39, 0.29) is 16.9 Å². The molecule has 0 spiro atoms. The standard InChI is InChI=1S/C25H23BrF3N3O5/c1-24(2,3)37-23(35)32(18-10-9-17(22(33)34)30-21(18)36-4)12-5-7-15-13-19-16(26)8-6-11-31(19)20(15)14-25(27,28)29/h6,8-11,13H,12,14H2,1-4H3,(H,33,34)/i12D2. The molecule has 0 radical (unpaired) electrons. The molecule has 8 nitrogen and oxygen atoms in total. The average Bonchev–Trinajstić information content (AvgIpc) is 3.13. The lowest BCUT2D eigenvalue weighted by atomic mass is 10.2. The highest BCUT2D eigenvalue weighted by Crippen LogP contribution is 2.30. The lowest BCUT2D eigenvalue weighted by Crippen LogP contribution is -2.37. The van der Waals surface area contributed by atoms with Gasteiger partial charge in [-0.25, -0.2) is 14.6 Å². The number of hydrogen-bond acceptors (Lipinski definition) is 5. The van der Waals surface area contributed by atoms with E-state index in [2.05, 4.69) is 32.8 Å². The van der Waals surface area contributed by atoms with Crippen molar-refractivity contribution in [1.82, 2.24) is 9.38 Å². The average molecular weight is 584 g/mol. The zero-order chi connectivity index (χ0) is 29.3. The maximum atomic E-state index is 13.4. The van der Waals surface area contributed by atoms with Crippen molar-refractivity contribution < 1.29 is 40.1 Å². The number of carboxylic acids is 1. The molecule has 0 bridgehead atoms. The molecule has 0 unspecified atom stereocenters. The number of amides is 1. The molecule has 3 aromatic rings. The Morgan fingerprint density at radius 2 is 1.97 bits per heavy atom. The molecule has 0 fully saturated rings. The van der Waals surface area contributed by atoms with Crippen LogP contribution in [0.4, 0.5) is 23.7 Å². The van der Waals surface area contributed by atoms with Crippen molar-refractivity contribution in [3.05, 3.63) is 58.0 Å². The first-order valence-electron chi connectivity index (χ1n) is 11.6. The Balaban J connectivity index is 2.20. The largest absolute Gasteiger partial charge is 0.479 e. The summed E-state index contributed by atoms with van der Waals surface area (Å²) < 4.78 is 69.7. The minimum Gasteiger partial charge on any atom is -0.479 e. The fraction of sp³-hybridized carbons (Fsp3) is 0.320. The van der Waals surface area contributed by atoms with E-state index in [9.17, 15) is 27.9 Å². The highest BCUT2D eigenvalue weighted by molar-refractivity contribution is 9.10. The summed E-state index contributed by atoms with van der Waals surface area (Å²) in [5, 5.41) is 9.25. The van der Waals surface area contributed by atoms with Gasteiger partial charge in [-0.2, -0.15) is 13.2 Å². The monoisotopic (exact) mass is 583 g/mol. The molecule has 0 aliphatic carbocycles. The molecule has 0 aromatic carbocycles. The Hall–Kier alpha value is -3.72. The number of fused-ring (bicyclic) bond motifs is 1. The minimum atomic E-state index is -4.58. The van der Waals surface area contributed by atoms with Crippen molar-refractivity contribution in [2.75, 3.05) is 18.5 Å². The van der Waals surface area contributed by atoms with Gasteiger partial charge in [0, 0.05) is 21.9 Å². The number of anilines is 1. The number of carboxylic acid groups (broad SMARTS) is 1. The summed E-state index contributed by atoms with van der Waals surface area (Å²) in [6.45, 7) is 1.74. The summed E-state index contributed by atoms with van der Waals surface area (Å²) in [5.74, 6) is 2.90. The molecular formula is C25H23BrF3N3O5. The van der Waals surface area contributed by atoms with Crippen molar-refractivity contribution in [1.29, 1.82) is 0 Å². The summed E-state index contributed by atoms with van der Waals surface area (Å²) in [4.78, 5) is 28.8. The van der Waals surface area contributed by atoms with E-state index in [1.807, 2.05) is 0 Å². The van der Waals surface area contributed by atoms with Gasteiger partial charge < -0.3 is 19.0 Å². The van der Waals surface area contributed by atoms with Crippen LogP contribution >= 0.6 is 15.9 Å². The molecule has 1 N–H and O–H groups in total. The Kier molecular flexibility index (Phi) is 7.23. The molecule has 0 aliphatic heterocycles. The topological polar surface area (TPSA) is 93.4 Å². The second-order valence-corrected chi connectivity index (χ2v) is 9.47. The second kappa shape index (κ2) is 10.7. The predicted octanol–water partition coefficient (Wildman–Crippen LogP) is 5.70. The van der Waals surface area contributed by atoms with E-state index in [1.165, 1.54) is 22.7 Å². The van der Waals surface area contributed by atoms with Crippen LogP contribution in [0.1, 0.15) is 45.3 Å². The molecule has 3 heterocycles. The summed E-state index contributed by atoms with van der Waals surface area (Å²) in [7, 11) is 1.14. The third-order valence-electron chi connectivity index (χ3n) is 4.67. The quantitative estimate of drug-likeness (QED) is 0.387. The summed E-state index contributed by atoms with van der Waals surface area (Å²) >= 11 is 3.29. The molecule has 196 valence electrons. The summed E-state index contributed by atoms with van der Waals surface area (Å²) in [6.07, 6.45) is -5.71. The molecule has 0 saturated heterocycles. The van der Waals surface area contributed by atoms with Gasteiger partial charge in [0.05, 0.1) is 28.3 Å². The van der Waals surface area contributed by atoms with E-state index < -0.39 is 48.3 Å². The van der Waals surface area contributed by atoms with Gasteiger partial charge in [-0.3, -0.25) is 4.90 Å². The first-order valence-corrected chi connectivity index (χ1v) is 11.4. The molecule has 3 aromatic heterocycles. The van der Waals surface area contributed by atoms with Crippen molar-refractivity contribution in [2.24, 2.45) is 0 Å². The lowest BCUT2D eigenvalue weighted by Gasteiger charge is -2.26. The van der Waals surface area contributed by atoms with Gasteiger partial charge in [0.15, 0.2) is 5.69 Å². The van der Waals surface area contributed by atoms with Gasteiger partial charge in [0.1, 0.15) is 11.3 Å². The molecule has 0 aliphatic rings. The van der Waals surface area contributed by atoms with Crippen LogP contribution in [0.25, 0.3) is 5.52 Å². The molecule has 37 heavy (non-hydrogen) atoms. The number of methoxy groups -OCH3 is 1. The van der Waals surface area contributed by atoms with Crippen LogP contribution in [0.3, 0.4) is 0 Å². The van der Waals surface area contributed by atoms with Gasteiger partial charge in [-0.15, -0.1) is 0 Å². The fourth-order valence-corrected chi connectivity index (χ4v) is 3.69. The molecule has 0 atom stereocenters. The first-order chi connectivity index (χ1) is 17.9. The van der Waals surface area contributed by atoms with Gasteiger partial charge in [-0.1, -0.05) is 11.8 Å². The van der Waals surface area contributed by atoms with E-state index in [0.29, 0.717) is 14.9 Å². The second-order valence-electron chi connectivity index (χ2n) is 8.62. The van der Waals surface area contributed by atoms with Crippen molar-refractivity contribution >= 4 is 39.2 Å². The summed E-state index contributed by atoms with van der Waals surface area (Å²) in [6, 6.07) is 6.67. The zero-order valence-corrected chi connectivity index (χ0v) is 21.7. The maximum absolute atomic E-state index is 13.4. The first kappa shape index (κ1) is 25.0. The van der Waals surface area contributed by atoms with Crippen LogP contribution in [-0.2, 0) is 11.2 Å². The molecule has 0 saturated carbocycles. The third kappa shape index (κ3) is 6.95. The van der Waals surface area contributed by atoms with Gasteiger partial charge in [-0.05, 0) is 67.0 Å². The predicted molar refractivity (Wildman–Crippen MR) is 133 cm³/mol. The van der Waals surface area contributed by atoms with Gasteiger partial charge in [0.25, 0.3) is 0 Å². The Labute approximate surface area is 221 Å². The van der Waals surface area contributed by atoms with E-state index in [4.69, 9.17) is 12.2 Å². The number of pyridine rings is 2. The Morgan fingerprint density at radius 3 is 2.57 bits per heavy atom. The number of aromatic nitrogens is 2. The number of hydrogen-bond donors (Lipinski definition) is 1. The normalized spacial score (nSPS) is 12.8. The third-order valence-corrected chi connectivity index (χ3v) is 5.34. The van der Waals surface area contributed by atoms with Gasteiger partial charge >= 0.3 is 18.2 Å². The van der Waals surface area contributed by atoms with Crippen molar-refractivity contribution in [2.45, 2.75) is 39.0 Å². The number of nitrogens with zero attached hydrogens (tertiary/aromatic N) is 3. The number of ether oxygens (including phenoxy) is 2. The van der Waals surface area contributed by atoms with Crippen LogP contribution in [0, 0.1) is 11.8 Å². The number of halogens is 4. The van der Waals surface area contributed by atoms with Gasteiger partial charge in [0.2, 0.25) is 5.88 Å². The molecule has 1 amide bonds. The SMILES string of the molecule is [2H]C([2H])(C#Cc1cc2c(Br)cccn2c1CC(F)(F)F)N(C(=O)OC(C)(C)C)c1ccc(C(=O)O)nc1OC. The summed E-state index contributed by atoms with van der Waals surface area (Å²) in [5.41, 5.74) is -1.78. The van der Waals surface area contributed by atoms with Crippen molar-refractivity contribution in [3.8, 4) is 17.7 Å². The van der Waals surface area contributed by atoms with Crippen LogP contribution in [0.15, 0.2) is 41.0 Å². The highest BCUT2D eigenvalue weighted by Gasteiger charge is 2.31. The maximum Gasteiger partial charge on any atom is 0.415 e. The van der Waals surface area contributed by atoms with E-state index >= 15 is 0 Å². The number of aromatic carboxylic acids is 1. The van der Waals surface area contributed by atoms with Crippen LogP contribution < -0.4 is 9.64 Å². The molecule has 3 rings (SSSR count). The van der Waals surface area contributed by atoms with E-state index in [1.54, 1.807) is 26.8 Å². The zero-order valence-electron chi connectivity index (χ0n) is 22.1. The molecular weight excluding hydrogens is 559 g/mol. The lowest BCUT2D eigenvalue weighted by molar-refractivity contribution is -0.128. The van der Waals surface area contributed by atoms with Crippen molar-refractivity contribution in [3.63, 3.8) is 0 Å². The van der Waals surface area contributed by atoms with E-state index in [0.717, 1.165) is 19.2 Å². The smallest absolute Gasteiger partial charge is 0.415 e. The fourth-order valence-electron chi connectivity index (χ4n) is 3.23. The number of carbonyl (C=O) groups excluding carboxylic acids is 1. The number of carbonyl (C=O) groups is 2.